The van der Waals surface area contributed by atoms with Crippen LogP contribution in [0.2, 0.25) is 0 Å². The topological polar surface area (TPSA) is 61.4 Å². The monoisotopic (exact) mass is 307 g/mol. The molecule has 0 aliphatic rings. The van der Waals surface area contributed by atoms with Gasteiger partial charge < -0.3 is 4.90 Å². The van der Waals surface area contributed by atoms with Gasteiger partial charge in [0.1, 0.15) is 5.82 Å². The van der Waals surface area contributed by atoms with Crippen LogP contribution in [0.25, 0.3) is 0 Å². The third-order valence-electron chi connectivity index (χ3n) is 2.74. The average molecular weight is 307 g/mol. The van der Waals surface area contributed by atoms with Gasteiger partial charge in [0, 0.05) is 19.2 Å². The molecule has 0 spiro atoms. The number of carbonyl (C=O) groups is 2. The Labute approximate surface area is 125 Å². The summed E-state index contributed by atoms with van der Waals surface area (Å²) >= 11 is 1.55. The number of nitrogens with zero attached hydrogens (tertiary/aromatic N) is 1. The summed E-state index contributed by atoms with van der Waals surface area (Å²) in [6.07, 6.45) is 0. The van der Waals surface area contributed by atoms with Crippen LogP contribution < -0.4 is 10.9 Å². The first-order valence-corrected chi connectivity index (χ1v) is 7.08. The summed E-state index contributed by atoms with van der Waals surface area (Å²) in [4.78, 5) is 25.0. The van der Waals surface area contributed by atoms with Crippen LogP contribution in [-0.4, -0.2) is 23.9 Å². The van der Waals surface area contributed by atoms with Gasteiger partial charge in [0.15, 0.2) is 0 Å². The number of amides is 3. The number of carbonyl (C=O) groups excluding carboxylic acids is 2. The second-order valence-corrected chi connectivity index (χ2v) is 5.16. The van der Waals surface area contributed by atoms with Crippen LogP contribution >= 0.6 is 11.3 Å². The lowest BCUT2D eigenvalue weighted by molar-refractivity contribution is 0.0931. The highest BCUT2D eigenvalue weighted by molar-refractivity contribution is 7.07. The predicted molar refractivity (Wildman–Crippen MR) is 78.2 cm³/mol. The average Bonchev–Trinajstić information content (AvgIpc) is 2.98. The number of thiophene rings is 1. The minimum atomic E-state index is -0.507. The maximum Gasteiger partial charge on any atom is 0.336 e. The minimum absolute atomic E-state index is 0.261. The fraction of sp³-hybridized carbons (Fsp3) is 0.143. The number of hydrogen-bond donors (Lipinski definition) is 2. The highest BCUT2D eigenvalue weighted by atomic mass is 32.1. The molecule has 1 aromatic heterocycles. The fourth-order valence-electron chi connectivity index (χ4n) is 1.61. The quantitative estimate of drug-likeness (QED) is 0.855. The van der Waals surface area contributed by atoms with Crippen molar-refractivity contribution < 1.29 is 14.0 Å². The van der Waals surface area contributed by atoms with Gasteiger partial charge in [0.05, 0.1) is 0 Å². The zero-order valence-corrected chi connectivity index (χ0v) is 12.1. The van der Waals surface area contributed by atoms with Crippen molar-refractivity contribution >= 4 is 23.3 Å². The first-order chi connectivity index (χ1) is 10.1. The van der Waals surface area contributed by atoms with E-state index in [2.05, 4.69) is 10.9 Å². The van der Waals surface area contributed by atoms with E-state index in [-0.39, 0.29) is 5.56 Å². The molecule has 7 heteroatoms. The Morgan fingerprint density at radius 1 is 1.19 bits per heavy atom. The van der Waals surface area contributed by atoms with E-state index in [1.165, 1.54) is 29.2 Å². The standard InChI is InChI=1S/C14H14FN3O2S/c1-18(8-10-6-7-21-9-10)14(20)17-16-13(19)11-2-4-12(15)5-3-11/h2-7,9H,8H2,1H3,(H,16,19)(H,17,20). The van der Waals surface area contributed by atoms with Gasteiger partial charge >= 0.3 is 6.03 Å². The van der Waals surface area contributed by atoms with Gasteiger partial charge in [-0.15, -0.1) is 0 Å². The molecule has 3 amide bonds. The molecule has 0 saturated heterocycles. The Bertz CT molecular complexity index is 614. The smallest absolute Gasteiger partial charge is 0.322 e. The van der Waals surface area contributed by atoms with Crippen molar-refractivity contribution in [3.63, 3.8) is 0 Å². The van der Waals surface area contributed by atoms with Gasteiger partial charge in [-0.3, -0.25) is 10.2 Å². The molecule has 0 bridgehead atoms. The van der Waals surface area contributed by atoms with Crippen LogP contribution in [0.15, 0.2) is 41.1 Å². The third kappa shape index (κ3) is 4.28. The van der Waals surface area contributed by atoms with Crippen molar-refractivity contribution in [2.24, 2.45) is 0 Å². The van der Waals surface area contributed by atoms with E-state index in [4.69, 9.17) is 0 Å². The van der Waals surface area contributed by atoms with Crippen molar-refractivity contribution in [1.29, 1.82) is 0 Å². The van der Waals surface area contributed by atoms with Crippen molar-refractivity contribution in [2.75, 3.05) is 7.05 Å². The number of halogens is 1. The molecule has 1 heterocycles. The number of hydrazine groups is 1. The first kappa shape index (κ1) is 15.0. The number of benzene rings is 1. The van der Waals surface area contributed by atoms with Crippen LogP contribution in [-0.2, 0) is 6.54 Å². The van der Waals surface area contributed by atoms with Gasteiger partial charge in [0.2, 0.25) is 0 Å². The number of nitrogens with one attached hydrogen (secondary N) is 2. The van der Waals surface area contributed by atoms with Gasteiger partial charge in [-0.2, -0.15) is 11.3 Å². The minimum Gasteiger partial charge on any atom is -0.322 e. The van der Waals surface area contributed by atoms with Crippen LogP contribution in [0.5, 0.6) is 0 Å². The van der Waals surface area contributed by atoms with Crippen molar-refractivity contribution in [3.05, 3.63) is 58.0 Å². The van der Waals surface area contributed by atoms with Crippen LogP contribution in [0, 0.1) is 5.82 Å². The highest BCUT2D eigenvalue weighted by Crippen LogP contribution is 2.08. The summed E-state index contributed by atoms with van der Waals surface area (Å²) in [6, 6.07) is 6.53. The van der Waals surface area contributed by atoms with Crippen molar-refractivity contribution in [3.8, 4) is 0 Å². The lowest BCUT2D eigenvalue weighted by Crippen LogP contribution is -2.47. The molecule has 0 aliphatic heterocycles. The van der Waals surface area contributed by atoms with Gasteiger partial charge in [-0.05, 0) is 46.7 Å². The Morgan fingerprint density at radius 3 is 2.52 bits per heavy atom. The van der Waals surface area contributed by atoms with Crippen molar-refractivity contribution in [2.45, 2.75) is 6.54 Å². The molecule has 0 aliphatic carbocycles. The second-order valence-electron chi connectivity index (χ2n) is 4.38. The lowest BCUT2D eigenvalue weighted by atomic mass is 10.2. The maximum absolute atomic E-state index is 12.7. The van der Waals surface area contributed by atoms with Crippen LogP contribution in [0.4, 0.5) is 9.18 Å². The van der Waals surface area contributed by atoms with Gasteiger partial charge in [-0.25, -0.2) is 14.6 Å². The first-order valence-electron chi connectivity index (χ1n) is 6.14. The van der Waals surface area contributed by atoms with Crippen LogP contribution in [0.1, 0.15) is 15.9 Å². The molecule has 2 rings (SSSR count). The molecule has 1 aromatic carbocycles. The van der Waals surface area contributed by atoms with Gasteiger partial charge in [0.25, 0.3) is 5.91 Å². The third-order valence-corrected chi connectivity index (χ3v) is 3.47. The number of rotatable bonds is 3. The summed E-state index contributed by atoms with van der Waals surface area (Å²) in [5.74, 6) is -0.932. The van der Waals surface area contributed by atoms with E-state index in [1.54, 1.807) is 18.4 Å². The summed E-state index contributed by atoms with van der Waals surface area (Å²) < 4.78 is 12.7. The molecule has 110 valence electrons. The summed E-state index contributed by atoms with van der Waals surface area (Å²) in [6.45, 7) is 0.446. The van der Waals surface area contributed by atoms with E-state index < -0.39 is 17.8 Å². The molecule has 0 saturated carbocycles. The Morgan fingerprint density at radius 2 is 1.90 bits per heavy atom. The Kier molecular flexibility index (Phi) is 4.89. The fourth-order valence-corrected chi connectivity index (χ4v) is 2.27. The van der Waals surface area contributed by atoms with E-state index >= 15 is 0 Å². The zero-order valence-electron chi connectivity index (χ0n) is 11.3. The molecular weight excluding hydrogens is 293 g/mol. The number of urea groups is 1. The highest BCUT2D eigenvalue weighted by Gasteiger charge is 2.11. The SMILES string of the molecule is CN(Cc1ccsc1)C(=O)NNC(=O)c1ccc(F)cc1. The largest absolute Gasteiger partial charge is 0.336 e. The van der Waals surface area contributed by atoms with E-state index in [0.29, 0.717) is 6.54 Å². The summed E-state index contributed by atoms with van der Waals surface area (Å²) in [5.41, 5.74) is 5.86. The molecule has 2 aromatic rings. The summed E-state index contributed by atoms with van der Waals surface area (Å²) in [7, 11) is 1.62. The molecule has 0 unspecified atom stereocenters. The van der Waals surface area contributed by atoms with E-state index in [9.17, 15) is 14.0 Å². The predicted octanol–water partition coefficient (Wildman–Crippen LogP) is 2.37. The van der Waals surface area contributed by atoms with Crippen molar-refractivity contribution in [1.82, 2.24) is 15.8 Å². The number of hydrogen-bond acceptors (Lipinski definition) is 3. The normalized spacial score (nSPS) is 10.0. The van der Waals surface area contributed by atoms with E-state index in [0.717, 1.165) is 5.56 Å². The molecule has 5 nitrogen and oxygen atoms in total. The molecule has 2 N–H and O–H groups in total. The maximum atomic E-state index is 12.7. The second kappa shape index (κ2) is 6.85. The molecule has 21 heavy (non-hydrogen) atoms. The summed E-state index contributed by atoms with van der Waals surface area (Å²) in [5, 5.41) is 3.87. The van der Waals surface area contributed by atoms with Gasteiger partial charge in [-0.1, -0.05) is 0 Å². The molecular formula is C14H14FN3O2S. The molecule has 0 radical (unpaired) electrons. The lowest BCUT2D eigenvalue weighted by Gasteiger charge is -2.17. The molecule has 0 fully saturated rings. The molecule has 0 atom stereocenters. The van der Waals surface area contributed by atoms with Crippen LogP contribution in [0.3, 0.4) is 0 Å². The Hall–Kier alpha value is -2.41. The Balaban J connectivity index is 1.83. The van der Waals surface area contributed by atoms with E-state index in [1.807, 2.05) is 16.8 Å². The zero-order chi connectivity index (χ0) is 15.2.